The Labute approximate surface area is 512 Å². The van der Waals surface area contributed by atoms with E-state index in [2.05, 4.69) is 45.3 Å². The minimum Gasteiger partial charge on any atom is -0.394 e. The second-order valence-corrected chi connectivity index (χ2v) is 27.7. The summed E-state index contributed by atoms with van der Waals surface area (Å²) in [4.78, 5) is 38.4. The minimum atomic E-state index is -1.93. The van der Waals surface area contributed by atoms with Crippen LogP contribution in [0.4, 0.5) is 0 Å². The Morgan fingerprint density at radius 1 is 0.602 bits per heavy atom. The maximum Gasteiger partial charge on any atom is 0.217 e. The van der Waals surface area contributed by atoms with E-state index in [-0.39, 0.29) is 28.4 Å². The Kier molecular flexibility index (Phi) is 22.2. The molecule has 27 nitrogen and oxygen atoms in total. The van der Waals surface area contributed by atoms with Gasteiger partial charge in [-0.3, -0.25) is 14.4 Å². The number of amides is 2. The molecule has 0 aromatic rings. The average Bonchev–Trinajstić information content (AvgIpc) is 1.19. The second kappa shape index (κ2) is 28.0. The molecule has 88 heavy (non-hydrogen) atoms. The molecule has 2 amide bonds. The summed E-state index contributed by atoms with van der Waals surface area (Å²) in [5, 5.41) is 136. The van der Waals surface area contributed by atoms with Crippen LogP contribution in [0, 0.1) is 39.9 Å². The number of hydrogen-bond acceptors (Lipinski definition) is 25. The van der Waals surface area contributed by atoms with Gasteiger partial charge in [-0.25, -0.2) is 0 Å². The van der Waals surface area contributed by atoms with Crippen molar-refractivity contribution in [1.82, 2.24) is 10.6 Å². The number of ketones is 1. The number of fused-ring (bicyclic) bond motifs is 4. The van der Waals surface area contributed by atoms with E-state index in [0.717, 1.165) is 57.4 Å². The van der Waals surface area contributed by atoms with Gasteiger partial charge in [0.05, 0.1) is 39.1 Å². The van der Waals surface area contributed by atoms with Crippen LogP contribution in [0.25, 0.3) is 0 Å². The fraction of sp³-hybridized carbons (Fsp3) is 0.885. The van der Waals surface area contributed by atoms with Crippen LogP contribution in [0.15, 0.2) is 22.8 Å². The van der Waals surface area contributed by atoms with Gasteiger partial charge in [-0.2, -0.15) is 0 Å². The normalized spacial score (nSPS) is 47.2. The molecule has 5 saturated heterocycles. The summed E-state index contributed by atoms with van der Waals surface area (Å²) < 4.78 is 61.7. The predicted molar refractivity (Wildman–Crippen MR) is 303 cm³/mol. The molecule has 14 N–H and O–H groups in total. The lowest BCUT2D eigenvalue weighted by Gasteiger charge is -2.61. The highest BCUT2D eigenvalue weighted by Gasteiger charge is 2.62. The Morgan fingerprint density at radius 3 is 1.80 bits per heavy atom. The molecule has 0 bridgehead atoms. The van der Waals surface area contributed by atoms with Crippen LogP contribution in [-0.4, -0.2) is 259 Å². The van der Waals surface area contributed by atoms with Crippen molar-refractivity contribution in [3.63, 3.8) is 0 Å². The smallest absolute Gasteiger partial charge is 0.217 e. The molecule has 9 rings (SSSR count). The molecule has 5 heterocycles. The molecule has 4 aliphatic carbocycles. The van der Waals surface area contributed by atoms with Crippen molar-refractivity contribution in [2.24, 2.45) is 39.9 Å². The van der Waals surface area contributed by atoms with Crippen molar-refractivity contribution < 1.29 is 123 Å². The highest BCUT2D eigenvalue weighted by molar-refractivity contribution is 5.90. The Morgan fingerprint density at radius 2 is 1.17 bits per heavy atom. The second-order valence-electron chi connectivity index (χ2n) is 27.7. The third-order valence-corrected chi connectivity index (χ3v) is 21.2. The van der Waals surface area contributed by atoms with Crippen LogP contribution >= 0.6 is 0 Å². The fourth-order valence-corrected chi connectivity index (χ4v) is 16.7. The topological polar surface area (TPSA) is 410 Å². The van der Waals surface area contributed by atoms with Gasteiger partial charge >= 0.3 is 0 Å². The average molecular weight is 1260 g/mol. The third-order valence-electron chi connectivity index (χ3n) is 21.2. The number of hydrogen-bond donors (Lipinski definition) is 14. The quantitative estimate of drug-likeness (QED) is 0.0489. The lowest BCUT2D eigenvalue weighted by atomic mass is 9.45. The van der Waals surface area contributed by atoms with Crippen LogP contribution < -0.4 is 10.6 Å². The van der Waals surface area contributed by atoms with Crippen molar-refractivity contribution in [3.05, 3.63) is 22.8 Å². The van der Waals surface area contributed by atoms with Crippen molar-refractivity contribution >= 4 is 17.6 Å². The standard InChI is InChI=1S/C61H98N2O25/c1-25(2)18-29(68)19-26(3)31-11-12-32-30-10-13-39-59(6,7)40(15-17-61(39,9)33(30)14-16-60(31,32)8)86-58-53(47(74)38(24-81-58)85-54-41(62-27(4)66)48(75)44(71)35(20-64)82-54)87-55-42(63-28(5)67)49(76)46(73)37(84-55)23-80-57-52(43(70)34(69)22-79-57)88-56-51(78)50(77)45(72)36(21-65)83-56/h18,26,31-32,34-58,64-65,69-78H,10-17,19-24H2,1-9H3,(H,62,66)(H,63,67)/t26-,31-,32?,34-,35-,36-,37-,38-,39+,40+,41-,42-,43+,44+,45+,46-,47+,48-,49-,50-,51-,52-,53-,54+,55+,56+,57+,58+,60-,61-/m1/s1. The number of nitrogens with one attached hydrogen (secondary N) is 2. The van der Waals surface area contributed by atoms with Gasteiger partial charge in [0.1, 0.15) is 110 Å². The van der Waals surface area contributed by atoms with Gasteiger partial charge in [0.25, 0.3) is 0 Å². The first-order valence-corrected chi connectivity index (χ1v) is 31.3. The molecule has 2 saturated carbocycles. The van der Waals surface area contributed by atoms with E-state index >= 15 is 0 Å². The molecule has 7 fully saturated rings. The third kappa shape index (κ3) is 13.8. The van der Waals surface area contributed by atoms with E-state index in [0.29, 0.717) is 24.7 Å². The van der Waals surface area contributed by atoms with E-state index in [1.165, 1.54) is 12.5 Å². The minimum absolute atomic E-state index is 0.0754. The Bertz CT molecular complexity index is 2480. The largest absolute Gasteiger partial charge is 0.394 e. The zero-order valence-electron chi connectivity index (χ0n) is 51.8. The number of carbonyl (C=O) groups is 3. The maximum atomic E-state index is 13.0. The van der Waals surface area contributed by atoms with Crippen LogP contribution in [0.2, 0.25) is 0 Å². The van der Waals surface area contributed by atoms with Gasteiger partial charge < -0.3 is 119 Å². The van der Waals surface area contributed by atoms with Gasteiger partial charge in [-0.05, 0) is 111 Å². The van der Waals surface area contributed by atoms with Crippen molar-refractivity contribution in [3.8, 4) is 0 Å². The van der Waals surface area contributed by atoms with E-state index < -0.39 is 198 Å². The molecule has 0 aromatic heterocycles. The van der Waals surface area contributed by atoms with Crippen molar-refractivity contribution in [2.45, 2.75) is 267 Å². The van der Waals surface area contributed by atoms with Gasteiger partial charge in [0.15, 0.2) is 37.2 Å². The number of aliphatic hydroxyl groups excluding tert-OH is 12. The molecule has 5 aliphatic heterocycles. The lowest BCUT2D eigenvalue weighted by molar-refractivity contribution is -0.375. The van der Waals surface area contributed by atoms with E-state index in [9.17, 15) is 75.7 Å². The van der Waals surface area contributed by atoms with Gasteiger partial charge in [-0.15, -0.1) is 0 Å². The summed E-state index contributed by atoms with van der Waals surface area (Å²) in [5.74, 6) is 0.0789. The number of ether oxygens (including phenoxy) is 10. The molecule has 1 unspecified atom stereocenters. The van der Waals surface area contributed by atoms with Crippen LogP contribution in [-0.2, 0) is 61.8 Å². The first-order valence-electron chi connectivity index (χ1n) is 31.3. The summed E-state index contributed by atoms with van der Waals surface area (Å²) in [5.41, 5.74) is 3.46. The summed E-state index contributed by atoms with van der Waals surface area (Å²) in [6, 6.07) is -3.00. The zero-order chi connectivity index (χ0) is 64.2. The zero-order valence-corrected chi connectivity index (χ0v) is 51.8. The summed E-state index contributed by atoms with van der Waals surface area (Å²) in [7, 11) is 0. The molecule has 30 atom stereocenters. The van der Waals surface area contributed by atoms with E-state index in [1.54, 1.807) is 11.6 Å². The van der Waals surface area contributed by atoms with Crippen molar-refractivity contribution in [2.75, 3.05) is 33.0 Å². The maximum absolute atomic E-state index is 13.0. The highest BCUT2D eigenvalue weighted by atomic mass is 16.8. The molecular formula is C61H98N2O25. The Balaban J connectivity index is 0.974. The van der Waals surface area contributed by atoms with Crippen LogP contribution in [0.1, 0.15) is 120 Å². The molecule has 0 spiro atoms. The molecule has 502 valence electrons. The molecule has 0 aromatic carbocycles. The molecule has 0 radical (unpaired) electrons. The van der Waals surface area contributed by atoms with E-state index in [4.69, 9.17) is 47.4 Å². The van der Waals surface area contributed by atoms with Gasteiger partial charge in [-0.1, -0.05) is 51.3 Å². The monoisotopic (exact) mass is 1260 g/mol. The highest BCUT2D eigenvalue weighted by Crippen LogP contribution is 2.68. The van der Waals surface area contributed by atoms with Crippen LogP contribution in [0.5, 0.6) is 0 Å². The lowest BCUT2D eigenvalue weighted by Crippen LogP contribution is -2.68. The summed E-state index contributed by atoms with van der Waals surface area (Å²) >= 11 is 0. The number of carbonyl (C=O) groups excluding carboxylic acids is 3. The Hall–Kier alpha value is -2.79. The van der Waals surface area contributed by atoms with Gasteiger partial charge in [0, 0.05) is 20.3 Å². The molecule has 27 heteroatoms. The predicted octanol–water partition coefficient (Wildman–Crippen LogP) is -2.05. The molecular weight excluding hydrogens is 1160 g/mol. The first kappa shape index (κ1) is 69.5. The SMILES string of the molecule is CC(=O)N[C@H]1[C@H](O[C@@H]2CO[C@@H](O[C@H]3CC[C@]4(C)C5=C(CC[C@H]4C3(C)C)C3CC[C@H]([C@H](C)CC(=O)C=C(C)C)[C@@]3(C)CC5)[C@H](O[C@@H]3O[C@H](CO[C@@H]4OC[C@@H](O)[C@H](O)[C@H]4O[C@@H]4O[C@H](CO)[C@H](O)[C@@H](O)[C@H]4O)[C@@H](O)[C@H](O)[C@H]3NC(C)=O)[C@H]2O)O[C@H](CO)[C@H](O)[C@@H]1O. The number of rotatable bonds is 19. The number of allylic oxidation sites excluding steroid dienone is 4. The van der Waals surface area contributed by atoms with Crippen LogP contribution in [0.3, 0.4) is 0 Å². The first-order chi connectivity index (χ1) is 41.4. The molecule has 9 aliphatic rings. The van der Waals surface area contributed by atoms with Crippen molar-refractivity contribution in [1.29, 1.82) is 0 Å². The summed E-state index contributed by atoms with van der Waals surface area (Å²) in [6.45, 7) is 14.4. The van der Waals surface area contributed by atoms with E-state index in [1.807, 2.05) is 13.8 Å². The number of aliphatic hydroxyl groups is 12. The summed E-state index contributed by atoms with van der Waals surface area (Å²) in [6.07, 6.45) is -26.4. The fourth-order valence-electron chi connectivity index (χ4n) is 16.7. The van der Waals surface area contributed by atoms with Gasteiger partial charge in [0.2, 0.25) is 11.8 Å².